The number of halogens is 2. The van der Waals surface area contributed by atoms with Crippen LogP contribution in [0.15, 0.2) is 18.2 Å². The van der Waals surface area contributed by atoms with Crippen LogP contribution in [0.5, 0.6) is 0 Å². The van der Waals surface area contributed by atoms with Crippen LogP contribution in [0.3, 0.4) is 0 Å². The van der Waals surface area contributed by atoms with Crippen LogP contribution in [0.4, 0.5) is 0 Å². The number of nitrogens with zero attached hydrogens (tertiary/aromatic N) is 1. The fraction of sp³-hybridized carbons (Fsp3) is 0.611. The summed E-state index contributed by atoms with van der Waals surface area (Å²) in [6.45, 7) is 5.46. The Morgan fingerprint density at radius 2 is 2.04 bits per heavy atom. The average Bonchev–Trinajstić information content (AvgIpc) is 2.54. The van der Waals surface area contributed by atoms with Crippen molar-refractivity contribution in [1.29, 1.82) is 0 Å². The summed E-state index contributed by atoms with van der Waals surface area (Å²) in [7, 11) is 1.99. The van der Waals surface area contributed by atoms with E-state index in [0.717, 1.165) is 31.1 Å². The molecule has 1 heterocycles. The SMILES string of the molecule is CNCCC1CCN(CC(=O)NC(C)c2ccc(Cl)cc2Cl)CC1. The van der Waals surface area contributed by atoms with E-state index in [2.05, 4.69) is 15.5 Å². The summed E-state index contributed by atoms with van der Waals surface area (Å²) in [6, 6.07) is 5.23. The van der Waals surface area contributed by atoms with Crippen LogP contribution < -0.4 is 10.6 Å². The van der Waals surface area contributed by atoms with Crippen molar-refractivity contribution in [1.82, 2.24) is 15.5 Å². The normalized spacial score (nSPS) is 17.7. The molecule has 24 heavy (non-hydrogen) atoms. The molecular formula is C18H27Cl2N3O. The van der Waals surface area contributed by atoms with E-state index in [-0.39, 0.29) is 11.9 Å². The van der Waals surface area contributed by atoms with Gasteiger partial charge in [-0.25, -0.2) is 0 Å². The molecule has 2 N–H and O–H groups in total. The van der Waals surface area contributed by atoms with Crippen molar-refractivity contribution in [3.05, 3.63) is 33.8 Å². The molecule has 1 amide bonds. The van der Waals surface area contributed by atoms with Crippen LogP contribution in [0.1, 0.15) is 37.8 Å². The molecule has 1 aliphatic heterocycles. The maximum atomic E-state index is 12.3. The standard InChI is InChI=1S/C18H27Cl2N3O/c1-13(16-4-3-15(19)11-17(16)20)22-18(24)12-23-9-6-14(7-10-23)5-8-21-2/h3-4,11,13-14,21H,5-10,12H2,1-2H3,(H,22,24). The predicted molar refractivity (Wildman–Crippen MR) is 101 cm³/mol. The van der Waals surface area contributed by atoms with Crippen molar-refractivity contribution in [2.24, 2.45) is 5.92 Å². The second-order valence-corrected chi connectivity index (χ2v) is 7.41. The molecule has 1 fully saturated rings. The molecule has 0 spiro atoms. The Morgan fingerprint density at radius 1 is 1.33 bits per heavy atom. The Labute approximate surface area is 154 Å². The number of rotatable bonds is 7. The molecule has 0 aliphatic carbocycles. The van der Waals surface area contributed by atoms with Crippen LogP contribution in [0.2, 0.25) is 10.0 Å². The van der Waals surface area contributed by atoms with E-state index >= 15 is 0 Å². The molecule has 1 saturated heterocycles. The molecule has 1 aliphatic rings. The molecule has 1 aromatic rings. The van der Waals surface area contributed by atoms with Gasteiger partial charge in [-0.3, -0.25) is 9.69 Å². The van der Waals surface area contributed by atoms with Crippen molar-refractivity contribution in [3.8, 4) is 0 Å². The Balaban J connectivity index is 1.77. The fourth-order valence-corrected chi connectivity index (χ4v) is 3.77. The number of hydrogen-bond acceptors (Lipinski definition) is 3. The molecular weight excluding hydrogens is 345 g/mol. The molecule has 0 aromatic heterocycles. The second kappa shape index (κ2) is 9.62. The molecule has 1 unspecified atom stereocenters. The predicted octanol–water partition coefficient (Wildman–Crippen LogP) is 3.49. The first-order valence-corrected chi connectivity index (χ1v) is 9.36. The zero-order valence-electron chi connectivity index (χ0n) is 14.4. The highest BCUT2D eigenvalue weighted by molar-refractivity contribution is 6.35. The molecule has 1 atom stereocenters. The molecule has 6 heteroatoms. The average molecular weight is 372 g/mol. The fourth-order valence-electron chi connectivity index (χ4n) is 3.20. The summed E-state index contributed by atoms with van der Waals surface area (Å²) < 4.78 is 0. The van der Waals surface area contributed by atoms with Crippen molar-refractivity contribution in [2.75, 3.05) is 33.2 Å². The third kappa shape index (κ3) is 5.92. The maximum absolute atomic E-state index is 12.3. The Bertz CT molecular complexity index is 545. The summed E-state index contributed by atoms with van der Waals surface area (Å²) in [6.07, 6.45) is 3.57. The van der Waals surface area contributed by atoms with Crippen LogP contribution in [0.25, 0.3) is 0 Å². The van der Waals surface area contributed by atoms with Gasteiger partial charge in [-0.05, 0) is 76.5 Å². The quantitative estimate of drug-likeness (QED) is 0.770. The summed E-state index contributed by atoms with van der Waals surface area (Å²) in [5, 5.41) is 7.42. The lowest BCUT2D eigenvalue weighted by molar-refractivity contribution is -0.123. The summed E-state index contributed by atoms with van der Waals surface area (Å²) in [5.41, 5.74) is 0.889. The molecule has 0 radical (unpaired) electrons. The smallest absolute Gasteiger partial charge is 0.234 e. The van der Waals surface area contributed by atoms with Gasteiger partial charge >= 0.3 is 0 Å². The number of amides is 1. The van der Waals surface area contributed by atoms with Gasteiger partial charge in [-0.2, -0.15) is 0 Å². The van der Waals surface area contributed by atoms with Crippen molar-refractivity contribution < 1.29 is 4.79 Å². The molecule has 134 valence electrons. The van der Waals surface area contributed by atoms with Gasteiger partial charge < -0.3 is 10.6 Å². The van der Waals surface area contributed by atoms with Crippen molar-refractivity contribution in [3.63, 3.8) is 0 Å². The Morgan fingerprint density at radius 3 is 2.67 bits per heavy atom. The zero-order chi connectivity index (χ0) is 17.5. The van der Waals surface area contributed by atoms with Crippen LogP contribution in [-0.2, 0) is 4.79 Å². The maximum Gasteiger partial charge on any atom is 0.234 e. The first kappa shape index (κ1) is 19.5. The van der Waals surface area contributed by atoms with Crippen LogP contribution in [-0.4, -0.2) is 44.0 Å². The van der Waals surface area contributed by atoms with Crippen LogP contribution in [0, 0.1) is 5.92 Å². The number of likely N-dealkylation sites (tertiary alicyclic amines) is 1. The van der Waals surface area contributed by atoms with Gasteiger partial charge in [0.25, 0.3) is 0 Å². The van der Waals surface area contributed by atoms with E-state index in [1.165, 1.54) is 19.3 Å². The van der Waals surface area contributed by atoms with E-state index < -0.39 is 0 Å². The first-order valence-electron chi connectivity index (χ1n) is 8.61. The number of carbonyl (C=O) groups is 1. The monoisotopic (exact) mass is 371 g/mol. The minimum Gasteiger partial charge on any atom is -0.348 e. The Hall–Kier alpha value is -0.810. The minimum absolute atomic E-state index is 0.0437. The number of nitrogens with one attached hydrogen (secondary N) is 2. The highest BCUT2D eigenvalue weighted by Crippen LogP contribution is 2.26. The third-order valence-electron chi connectivity index (χ3n) is 4.68. The van der Waals surface area contributed by atoms with E-state index in [1.807, 2.05) is 20.0 Å². The summed E-state index contributed by atoms with van der Waals surface area (Å²) in [5.74, 6) is 0.825. The highest BCUT2D eigenvalue weighted by atomic mass is 35.5. The number of carbonyl (C=O) groups excluding carboxylic acids is 1. The van der Waals surface area contributed by atoms with Gasteiger partial charge in [-0.15, -0.1) is 0 Å². The minimum atomic E-state index is -0.129. The molecule has 0 saturated carbocycles. The lowest BCUT2D eigenvalue weighted by Crippen LogP contribution is -2.42. The lowest BCUT2D eigenvalue weighted by atomic mass is 9.93. The summed E-state index contributed by atoms with van der Waals surface area (Å²) in [4.78, 5) is 14.5. The van der Waals surface area contributed by atoms with Gasteiger partial charge in [-0.1, -0.05) is 29.3 Å². The number of benzene rings is 1. The van der Waals surface area contributed by atoms with E-state index in [9.17, 15) is 4.79 Å². The molecule has 0 bridgehead atoms. The second-order valence-electron chi connectivity index (χ2n) is 6.57. The molecule has 1 aromatic carbocycles. The van der Waals surface area contributed by atoms with Crippen molar-refractivity contribution in [2.45, 2.75) is 32.2 Å². The number of piperidine rings is 1. The summed E-state index contributed by atoms with van der Waals surface area (Å²) >= 11 is 12.1. The Kier molecular flexibility index (Phi) is 7.82. The first-order chi connectivity index (χ1) is 11.5. The zero-order valence-corrected chi connectivity index (χ0v) is 16.0. The van der Waals surface area contributed by atoms with Gasteiger partial charge in [0.2, 0.25) is 5.91 Å². The third-order valence-corrected chi connectivity index (χ3v) is 5.25. The van der Waals surface area contributed by atoms with E-state index in [0.29, 0.717) is 16.6 Å². The largest absolute Gasteiger partial charge is 0.348 e. The van der Waals surface area contributed by atoms with Crippen molar-refractivity contribution >= 4 is 29.1 Å². The molecule has 4 nitrogen and oxygen atoms in total. The van der Waals surface area contributed by atoms with Gasteiger partial charge in [0.1, 0.15) is 0 Å². The van der Waals surface area contributed by atoms with Gasteiger partial charge in [0.15, 0.2) is 0 Å². The number of hydrogen-bond donors (Lipinski definition) is 2. The van der Waals surface area contributed by atoms with E-state index in [4.69, 9.17) is 23.2 Å². The van der Waals surface area contributed by atoms with Crippen LogP contribution >= 0.6 is 23.2 Å². The molecule has 2 rings (SSSR count). The van der Waals surface area contributed by atoms with Gasteiger partial charge in [0.05, 0.1) is 12.6 Å². The van der Waals surface area contributed by atoms with Gasteiger partial charge in [0, 0.05) is 10.0 Å². The van der Waals surface area contributed by atoms with E-state index in [1.54, 1.807) is 12.1 Å². The topological polar surface area (TPSA) is 44.4 Å². The highest BCUT2D eigenvalue weighted by Gasteiger charge is 2.21. The lowest BCUT2D eigenvalue weighted by Gasteiger charge is -2.31.